The number of aromatic hydroxyl groups is 1. The highest BCUT2D eigenvalue weighted by Gasteiger charge is 2.21. The number of nitrogens with zero attached hydrogens (tertiary/aromatic N) is 4. The van der Waals surface area contributed by atoms with Gasteiger partial charge in [-0.15, -0.1) is 0 Å². The van der Waals surface area contributed by atoms with Gasteiger partial charge in [-0.1, -0.05) is 42.5 Å². The van der Waals surface area contributed by atoms with E-state index in [4.69, 9.17) is 4.98 Å². The van der Waals surface area contributed by atoms with Crippen LogP contribution in [0.5, 0.6) is 5.75 Å². The lowest BCUT2D eigenvalue weighted by molar-refractivity contribution is 0.285. The van der Waals surface area contributed by atoms with Gasteiger partial charge >= 0.3 is 0 Å². The number of phenolic OH excluding ortho intramolecular Hbond substituents is 1. The quantitative estimate of drug-likeness (QED) is 0.503. The van der Waals surface area contributed by atoms with E-state index in [2.05, 4.69) is 39.0 Å². The molecule has 0 atom stereocenters. The van der Waals surface area contributed by atoms with Gasteiger partial charge in [0.25, 0.3) is 0 Å². The largest absolute Gasteiger partial charge is 0.507 e. The Labute approximate surface area is 186 Å². The average molecular weight is 429 g/mol. The molecule has 1 aliphatic rings. The zero-order chi connectivity index (χ0) is 21.9. The lowest BCUT2D eigenvalue weighted by atomic mass is 10.1. The molecule has 0 spiro atoms. The molecule has 5 rings (SSSR count). The van der Waals surface area contributed by atoms with Gasteiger partial charge in [-0.2, -0.15) is 0 Å². The second kappa shape index (κ2) is 8.93. The number of halogens is 1. The van der Waals surface area contributed by atoms with E-state index in [1.54, 1.807) is 24.3 Å². The van der Waals surface area contributed by atoms with Gasteiger partial charge in [-0.25, -0.2) is 14.4 Å². The summed E-state index contributed by atoms with van der Waals surface area (Å²) in [4.78, 5) is 14.1. The summed E-state index contributed by atoms with van der Waals surface area (Å²) in [6.07, 6.45) is 0.986. The van der Waals surface area contributed by atoms with Gasteiger partial charge in [0, 0.05) is 38.1 Å². The zero-order valence-electron chi connectivity index (χ0n) is 17.8. The van der Waals surface area contributed by atoms with Crippen LogP contribution in [0.2, 0.25) is 0 Å². The summed E-state index contributed by atoms with van der Waals surface area (Å²) in [7, 11) is 0. The van der Waals surface area contributed by atoms with Crippen molar-refractivity contribution in [2.75, 3.05) is 31.1 Å². The van der Waals surface area contributed by atoms with Crippen molar-refractivity contribution in [3.63, 3.8) is 0 Å². The van der Waals surface area contributed by atoms with Crippen LogP contribution in [0, 0.1) is 5.82 Å². The molecule has 1 aliphatic heterocycles. The Morgan fingerprint density at radius 3 is 2.50 bits per heavy atom. The number of fused-ring (bicyclic) bond motifs is 1. The first-order valence-corrected chi connectivity index (χ1v) is 10.9. The van der Waals surface area contributed by atoms with E-state index in [9.17, 15) is 9.50 Å². The number of hydrogen-bond acceptors (Lipinski definition) is 5. The molecule has 1 saturated heterocycles. The fourth-order valence-corrected chi connectivity index (χ4v) is 4.29. The van der Waals surface area contributed by atoms with Crippen LogP contribution in [0.4, 0.5) is 10.2 Å². The molecule has 1 fully saturated rings. The van der Waals surface area contributed by atoms with Crippen molar-refractivity contribution in [3.8, 4) is 17.1 Å². The zero-order valence-corrected chi connectivity index (χ0v) is 17.8. The maximum absolute atomic E-state index is 14.1. The molecule has 1 aromatic heterocycles. The number of hydrogen-bond donors (Lipinski definition) is 1. The van der Waals surface area contributed by atoms with E-state index in [1.165, 1.54) is 17.7 Å². The van der Waals surface area contributed by atoms with Crippen molar-refractivity contribution in [1.29, 1.82) is 0 Å². The Balaban J connectivity index is 1.48. The van der Waals surface area contributed by atoms with Gasteiger partial charge in [-0.3, -0.25) is 4.90 Å². The predicted octanol–water partition coefficient (Wildman–Crippen LogP) is 4.85. The van der Waals surface area contributed by atoms with Crippen LogP contribution in [0.1, 0.15) is 12.0 Å². The van der Waals surface area contributed by atoms with Crippen LogP contribution in [-0.2, 0) is 6.54 Å². The number of aromatic nitrogens is 2. The van der Waals surface area contributed by atoms with Crippen LogP contribution in [-0.4, -0.2) is 46.2 Å². The number of phenols is 1. The molecule has 5 nitrogen and oxygen atoms in total. The average Bonchev–Trinajstić information content (AvgIpc) is 3.05. The number of anilines is 1. The molecule has 4 aromatic rings. The third-order valence-electron chi connectivity index (χ3n) is 5.92. The van der Waals surface area contributed by atoms with Gasteiger partial charge in [0.15, 0.2) is 5.82 Å². The van der Waals surface area contributed by atoms with Crippen LogP contribution in [0.15, 0.2) is 72.8 Å². The molecule has 0 aliphatic carbocycles. The van der Waals surface area contributed by atoms with Crippen molar-refractivity contribution < 1.29 is 9.50 Å². The van der Waals surface area contributed by atoms with E-state index in [1.807, 2.05) is 12.1 Å². The van der Waals surface area contributed by atoms with Gasteiger partial charge < -0.3 is 10.0 Å². The van der Waals surface area contributed by atoms with Gasteiger partial charge in [-0.05, 0) is 42.3 Å². The van der Waals surface area contributed by atoms with E-state index in [0.717, 1.165) is 39.1 Å². The predicted molar refractivity (Wildman–Crippen MR) is 125 cm³/mol. The fourth-order valence-electron chi connectivity index (χ4n) is 4.29. The maximum atomic E-state index is 14.1. The Hall–Kier alpha value is -3.51. The van der Waals surface area contributed by atoms with E-state index >= 15 is 0 Å². The Bertz CT molecular complexity index is 1230. The molecule has 0 radical (unpaired) electrons. The molecule has 32 heavy (non-hydrogen) atoms. The van der Waals surface area contributed by atoms with Crippen LogP contribution < -0.4 is 4.90 Å². The molecule has 2 heterocycles. The minimum absolute atomic E-state index is 0.129. The summed E-state index contributed by atoms with van der Waals surface area (Å²) >= 11 is 0. The van der Waals surface area contributed by atoms with Gasteiger partial charge in [0.1, 0.15) is 17.4 Å². The van der Waals surface area contributed by atoms with E-state index in [0.29, 0.717) is 28.1 Å². The molecular formula is C26H25FN4O. The van der Waals surface area contributed by atoms with E-state index < -0.39 is 0 Å². The lowest BCUT2D eigenvalue weighted by Gasteiger charge is -2.24. The number of para-hydroxylation sites is 1. The topological polar surface area (TPSA) is 52.5 Å². The highest BCUT2D eigenvalue weighted by Crippen LogP contribution is 2.32. The summed E-state index contributed by atoms with van der Waals surface area (Å²) in [6, 6.07) is 22.1. The summed E-state index contributed by atoms with van der Waals surface area (Å²) in [5.41, 5.74) is 2.54. The molecular weight excluding hydrogens is 403 g/mol. The second-order valence-corrected chi connectivity index (χ2v) is 8.15. The van der Waals surface area contributed by atoms with Crippen molar-refractivity contribution in [2.24, 2.45) is 0 Å². The molecule has 0 saturated carbocycles. The highest BCUT2D eigenvalue weighted by atomic mass is 19.1. The van der Waals surface area contributed by atoms with Crippen molar-refractivity contribution >= 4 is 16.7 Å². The third kappa shape index (κ3) is 4.27. The summed E-state index contributed by atoms with van der Waals surface area (Å²) in [5, 5.41) is 11.0. The summed E-state index contributed by atoms with van der Waals surface area (Å²) in [5.74, 6) is 0.986. The minimum Gasteiger partial charge on any atom is -0.507 e. The smallest absolute Gasteiger partial charge is 0.165 e. The standard InChI is InChI=1S/C26H25FN4O/c27-20-11-12-23-22(17-20)26(29-25(28-23)21-9-4-5-10-24(21)32)31-14-6-13-30(15-16-31)18-19-7-2-1-3-8-19/h1-5,7-12,17,32H,6,13-16,18H2. The second-order valence-electron chi connectivity index (χ2n) is 8.15. The Kier molecular flexibility index (Phi) is 5.69. The molecule has 162 valence electrons. The maximum Gasteiger partial charge on any atom is 0.165 e. The third-order valence-corrected chi connectivity index (χ3v) is 5.92. The SMILES string of the molecule is Oc1ccccc1-c1nc(N2CCCN(Cc3ccccc3)CC2)c2cc(F)ccc2n1. The van der Waals surface area contributed by atoms with Crippen LogP contribution in [0.3, 0.4) is 0 Å². The van der Waals surface area contributed by atoms with Crippen LogP contribution in [0.25, 0.3) is 22.3 Å². The summed E-state index contributed by atoms with van der Waals surface area (Å²) in [6.45, 7) is 4.41. The van der Waals surface area contributed by atoms with Crippen molar-refractivity contribution in [3.05, 3.63) is 84.2 Å². The van der Waals surface area contributed by atoms with Gasteiger partial charge in [0.2, 0.25) is 0 Å². The van der Waals surface area contributed by atoms with E-state index in [-0.39, 0.29) is 11.6 Å². The Morgan fingerprint density at radius 1 is 0.844 bits per heavy atom. The first-order chi connectivity index (χ1) is 15.7. The molecule has 6 heteroatoms. The lowest BCUT2D eigenvalue weighted by Crippen LogP contribution is -2.31. The molecule has 0 amide bonds. The molecule has 1 N–H and O–H groups in total. The summed E-state index contributed by atoms with van der Waals surface area (Å²) < 4.78 is 14.1. The van der Waals surface area contributed by atoms with Crippen molar-refractivity contribution in [1.82, 2.24) is 14.9 Å². The normalized spacial score (nSPS) is 15.1. The van der Waals surface area contributed by atoms with Crippen molar-refractivity contribution in [2.45, 2.75) is 13.0 Å². The monoisotopic (exact) mass is 428 g/mol. The number of rotatable bonds is 4. The first kappa shape index (κ1) is 20.4. The van der Waals surface area contributed by atoms with Gasteiger partial charge in [0.05, 0.1) is 11.1 Å². The molecule has 0 bridgehead atoms. The first-order valence-electron chi connectivity index (χ1n) is 10.9. The Morgan fingerprint density at radius 2 is 1.66 bits per heavy atom. The highest BCUT2D eigenvalue weighted by molar-refractivity contribution is 5.91. The number of benzene rings is 3. The van der Waals surface area contributed by atoms with Crippen LogP contribution >= 0.6 is 0 Å². The molecule has 3 aromatic carbocycles. The fraction of sp³-hybridized carbons (Fsp3) is 0.231. The minimum atomic E-state index is -0.307. The molecule has 0 unspecified atom stereocenters.